The first kappa shape index (κ1) is 8.06. The SMILES string of the molecule is CCC1CC(C)C(C)C1N. The maximum absolute atomic E-state index is 6.02. The molecule has 1 aliphatic carbocycles. The van der Waals surface area contributed by atoms with E-state index in [1.54, 1.807) is 0 Å². The molecule has 0 heterocycles. The summed E-state index contributed by atoms with van der Waals surface area (Å²) >= 11 is 0. The van der Waals surface area contributed by atoms with Gasteiger partial charge in [0, 0.05) is 6.04 Å². The number of nitrogens with two attached hydrogens (primary N) is 1. The fraction of sp³-hybridized carbons (Fsp3) is 1.00. The minimum atomic E-state index is 0.472. The van der Waals surface area contributed by atoms with Gasteiger partial charge in [0.05, 0.1) is 0 Å². The molecule has 0 bridgehead atoms. The highest BCUT2D eigenvalue weighted by Gasteiger charge is 2.34. The van der Waals surface area contributed by atoms with Crippen LogP contribution in [0.3, 0.4) is 0 Å². The molecule has 4 atom stereocenters. The molecule has 0 amide bonds. The van der Waals surface area contributed by atoms with Crippen molar-refractivity contribution < 1.29 is 0 Å². The monoisotopic (exact) mass is 141 g/mol. The largest absolute Gasteiger partial charge is 0.327 e. The molecule has 0 aromatic heterocycles. The molecule has 0 aromatic carbocycles. The molecule has 4 unspecified atom stereocenters. The van der Waals surface area contributed by atoms with Gasteiger partial charge in [0.25, 0.3) is 0 Å². The van der Waals surface area contributed by atoms with Gasteiger partial charge in [-0.15, -0.1) is 0 Å². The van der Waals surface area contributed by atoms with E-state index >= 15 is 0 Å². The lowest BCUT2D eigenvalue weighted by Gasteiger charge is -2.16. The van der Waals surface area contributed by atoms with Crippen LogP contribution in [0.2, 0.25) is 0 Å². The summed E-state index contributed by atoms with van der Waals surface area (Å²) < 4.78 is 0. The molecule has 10 heavy (non-hydrogen) atoms. The Labute approximate surface area is 64.0 Å². The van der Waals surface area contributed by atoms with E-state index in [1.165, 1.54) is 12.8 Å². The minimum absolute atomic E-state index is 0.472. The molecule has 0 saturated heterocycles. The predicted molar refractivity (Wildman–Crippen MR) is 44.7 cm³/mol. The lowest BCUT2D eigenvalue weighted by atomic mass is 9.96. The van der Waals surface area contributed by atoms with Crippen molar-refractivity contribution in [3.8, 4) is 0 Å². The molecule has 1 aliphatic rings. The van der Waals surface area contributed by atoms with E-state index in [-0.39, 0.29) is 0 Å². The van der Waals surface area contributed by atoms with Gasteiger partial charge in [0.15, 0.2) is 0 Å². The lowest BCUT2D eigenvalue weighted by Crippen LogP contribution is -2.30. The molecule has 0 aliphatic heterocycles. The van der Waals surface area contributed by atoms with E-state index in [0.717, 1.165) is 17.8 Å². The van der Waals surface area contributed by atoms with Gasteiger partial charge < -0.3 is 5.73 Å². The van der Waals surface area contributed by atoms with Crippen molar-refractivity contribution in [2.45, 2.75) is 39.7 Å². The van der Waals surface area contributed by atoms with E-state index < -0.39 is 0 Å². The van der Waals surface area contributed by atoms with Gasteiger partial charge in [-0.3, -0.25) is 0 Å². The maximum Gasteiger partial charge on any atom is 0.00955 e. The first-order valence-electron chi connectivity index (χ1n) is 4.42. The van der Waals surface area contributed by atoms with Gasteiger partial charge in [0.1, 0.15) is 0 Å². The maximum atomic E-state index is 6.02. The number of rotatable bonds is 1. The zero-order chi connectivity index (χ0) is 7.72. The molecule has 2 N–H and O–H groups in total. The third-order valence-electron chi connectivity index (χ3n) is 3.25. The van der Waals surface area contributed by atoms with Crippen molar-refractivity contribution in [2.75, 3.05) is 0 Å². The van der Waals surface area contributed by atoms with Gasteiger partial charge in [-0.25, -0.2) is 0 Å². The topological polar surface area (TPSA) is 26.0 Å². The van der Waals surface area contributed by atoms with Gasteiger partial charge >= 0.3 is 0 Å². The third-order valence-corrected chi connectivity index (χ3v) is 3.25. The van der Waals surface area contributed by atoms with Crippen LogP contribution in [-0.4, -0.2) is 6.04 Å². The van der Waals surface area contributed by atoms with Crippen LogP contribution < -0.4 is 5.73 Å². The molecule has 0 spiro atoms. The Morgan fingerprint density at radius 1 is 1.40 bits per heavy atom. The van der Waals surface area contributed by atoms with Gasteiger partial charge in [0.2, 0.25) is 0 Å². The zero-order valence-corrected chi connectivity index (χ0v) is 7.30. The zero-order valence-electron chi connectivity index (χ0n) is 7.30. The Balaban J connectivity index is 2.53. The molecular formula is C9H19N. The fourth-order valence-corrected chi connectivity index (χ4v) is 2.10. The molecule has 1 nitrogen and oxygen atoms in total. The van der Waals surface area contributed by atoms with E-state index in [4.69, 9.17) is 5.73 Å². The summed E-state index contributed by atoms with van der Waals surface area (Å²) in [6.45, 7) is 6.85. The summed E-state index contributed by atoms with van der Waals surface area (Å²) in [6.07, 6.45) is 2.61. The van der Waals surface area contributed by atoms with Gasteiger partial charge in [-0.05, 0) is 24.2 Å². The number of hydrogen-bond donors (Lipinski definition) is 1. The normalized spacial score (nSPS) is 48.0. The van der Waals surface area contributed by atoms with Gasteiger partial charge in [-0.1, -0.05) is 27.2 Å². The van der Waals surface area contributed by atoms with Crippen LogP contribution >= 0.6 is 0 Å². The van der Waals surface area contributed by atoms with Crippen LogP contribution in [0, 0.1) is 17.8 Å². The Morgan fingerprint density at radius 3 is 2.20 bits per heavy atom. The first-order valence-corrected chi connectivity index (χ1v) is 4.42. The summed E-state index contributed by atoms with van der Waals surface area (Å²) in [7, 11) is 0. The van der Waals surface area contributed by atoms with E-state index in [0.29, 0.717) is 6.04 Å². The van der Waals surface area contributed by atoms with Crippen molar-refractivity contribution in [3.63, 3.8) is 0 Å². The van der Waals surface area contributed by atoms with Crippen molar-refractivity contribution in [2.24, 2.45) is 23.5 Å². The average Bonchev–Trinajstić information content (AvgIpc) is 2.17. The highest BCUT2D eigenvalue weighted by atomic mass is 14.7. The van der Waals surface area contributed by atoms with Gasteiger partial charge in [-0.2, -0.15) is 0 Å². The second-order valence-electron chi connectivity index (χ2n) is 3.82. The van der Waals surface area contributed by atoms with Crippen molar-refractivity contribution in [1.29, 1.82) is 0 Å². The van der Waals surface area contributed by atoms with Crippen LogP contribution in [0.5, 0.6) is 0 Å². The smallest absolute Gasteiger partial charge is 0.00955 e. The first-order chi connectivity index (χ1) is 4.66. The van der Waals surface area contributed by atoms with E-state index in [9.17, 15) is 0 Å². The van der Waals surface area contributed by atoms with Crippen LogP contribution in [-0.2, 0) is 0 Å². The summed E-state index contributed by atoms with van der Waals surface area (Å²) in [4.78, 5) is 0. The van der Waals surface area contributed by atoms with Crippen molar-refractivity contribution in [1.82, 2.24) is 0 Å². The van der Waals surface area contributed by atoms with Crippen LogP contribution in [0.15, 0.2) is 0 Å². The Morgan fingerprint density at radius 2 is 2.00 bits per heavy atom. The van der Waals surface area contributed by atoms with Crippen LogP contribution in [0.25, 0.3) is 0 Å². The second-order valence-corrected chi connectivity index (χ2v) is 3.82. The molecule has 1 rings (SSSR count). The number of hydrogen-bond acceptors (Lipinski definition) is 1. The fourth-order valence-electron chi connectivity index (χ4n) is 2.10. The second kappa shape index (κ2) is 2.91. The van der Waals surface area contributed by atoms with Crippen molar-refractivity contribution in [3.05, 3.63) is 0 Å². The average molecular weight is 141 g/mol. The molecular weight excluding hydrogens is 122 g/mol. The Bertz CT molecular complexity index is 111. The molecule has 1 fully saturated rings. The molecule has 1 heteroatoms. The highest BCUT2D eigenvalue weighted by Crippen LogP contribution is 2.36. The Kier molecular flexibility index (Phi) is 2.35. The van der Waals surface area contributed by atoms with Crippen LogP contribution in [0.4, 0.5) is 0 Å². The summed E-state index contributed by atoms with van der Waals surface area (Å²) in [5, 5.41) is 0. The molecule has 1 saturated carbocycles. The predicted octanol–water partition coefficient (Wildman–Crippen LogP) is 2.02. The van der Waals surface area contributed by atoms with Crippen LogP contribution in [0.1, 0.15) is 33.6 Å². The molecule has 0 aromatic rings. The summed E-state index contributed by atoms with van der Waals surface area (Å²) in [6, 6.07) is 0.472. The quantitative estimate of drug-likeness (QED) is 0.594. The summed E-state index contributed by atoms with van der Waals surface area (Å²) in [5.74, 6) is 2.38. The lowest BCUT2D eigenvalue weighted by molar-refractivity contribution is 0.400. The van der Waals surface area contributed by atoms with E-state index in [1.807, 2.05) is 0 Å². The Hall–Kier alpha value is -0.0400. The van der Waals surface area contributed by atoms with Crippen molar-refractivity contribution >= 4 is 0 Å². The molecule has 60 valence electrons. The third kappa shape index (κ3) is 1.20. The highest BCUT2D eigenvalue weighted by molar-refractivity contribution is 4.88. The standard InChI is InChI=1S/C9H19N/c1-4-8-5-6(2)7(3)9(8)10/h6-9H,4-5,10H2,1-3H3. The summed E-state index contributed by atoms with van der Waals surface area (Å²) in [5.41, 5.74) is 6.02. The van der Waals surface area contributed by atoms with E-state index in [2.05, 4.69) is 20.8 Å². The minimum Gasteiger partial charge on any atom is -0.327 e. The molecule has 0 radical (unpaired) electrons.